The van der Waals surface area contributed by atoms with E-state index in [1.807, 2.05) is 31.2 Å². The van der Waals surface area contributed by atoms with Gasteiger partial charge in [0.1, 0.15) is 0 Å². The molecule has 0 aliphatic carbocycles. The van der Waals surface area contributed by atoms with Gasteiger partial charge in [0.15, 0.2) is 0 Å². The van der Waals surface area contributed by atoms with E-state index in [9.17, 15) is 9.59 Å². The van der Waals surface area contributed by atoms with Gasteiger partial charge in [0.2, 0.25) is 5.95 Å². The number of hydrogen-bond donors (Lipinski definition) is 2. The van der Waals surface area contributed by atoms with Crippen LogP contribution in [0.25, 0.3) is 0 Å². The molecule has 0 aliphatic rings. The number of amides is 1. The molecule has 7 heteroatoms. The highest BCUT2D eigenvalue weighted by atomic mass is 16.5. The minimum absolute atomic E-state index is 0.237. The predicted octanol–water partition coefficient (Wildman–Crippen LogP) is 3.64. The number of carbonyl (C=O) groups excluding carboxylic acids is 2. The Morgan fingerprint density at radius 2 is 1.66 bits per heavy atom. The Balaban J connectivity index is 1.57. The van der Waals surface area contributed by atoms with Crippen LogP contribution in [0.2, 0.25) is 0 Å². The highest BCUT2D eigenvalue weighted by Gasteiger charge is 2.09. The van der Waals surface area contributed by atoms with Gasteiger partial charge in [0.25, 0.3) is 5.91 Å². The number of benzene rings is 2. The third-order valence-corrected chi connectivity index (χ3v) is 4.27. The maximum atomic E-state index is 12.3. The topological polar surface area (TPSA) is 93.2 Å². The molecule has 0 saturated carbocycles. The summed E-state index contributed by atoms with van der Waals surface area (Å²) in [6.45, 7) is 4.54. The van der Waals surface area contributed by atoms with Crippen LogP contribution in [0.15, 0.2) is 60.9 Å². The molecule has 0 saturated heterocycles. The number of hydrogen-bond acceptors (Lipinski definition) is 6. The van der Waals surface area contributed by atoms with Gasteiger partial charge in [-0.25, -0.2) is 14.8 Å². The SMILES string of the molecule is CCOC(=O)c1ccc(Nc2ncc(C(=O)NCc3ccccc3C)cn2)cc1. The van der Waals surface area contributed by atoms with Crippen LogP contribution in [-0.4, -0.2) is 28.5 Å². The Hall–Kier alpha value is -3.74. The van der Waals surface area contributed by atoms with Crippen molar-refractivity contribution >= 4 is 23.5 Å². The van der Waals surface area contributed by atoms with Gasteiger partial charge in [-0.15, -0.1) is 0 Å². The summed E-state index contributed by atoms with van der Waals surface area (Å²) in [4.78, 5) is 32.3. The van der Waals surface area contributed by atoms with Gasteiger partial charge < -0.3 is 15.4 Å². The molecular weight excluding hydrogens is 368 g/mol. The minimum Gasteiger partial charge on any atom is -0.462 e. The first kappa shape index (κ1) is 20.0. The molecule has 0 atom stereocenters. The maximum absolute atomic E-state index is 12.3. The average Bonchev–Trinajstić information content (AvgIpc) is 2.74. The molecule has 3 aromatic rings. The van der Waals surface area contributed by atoms with Gasteiger partial charge >= 0.3 is 5.97 Å². The van der Waals surface area contributed by atoms with Crippen molar-refractivity contribution in [2.75, 3.05) is 11.9 Å². The van der Waals surface area contributed by atoms with Gasteiger partial charge in [-0.2, -0.15) is 0 Å². The first-order chi connectivity index (χ1) is 14.1. The van der Waals surface area contributed by atoms with Gasteiger partial charge in [-0.1, -0.05) is 24.3 Å². The van der Waals surface area contributed by atoms with Crippen molar-refractivity contribution in [3.63, 3.8) is 0 Å². The second-order valence-corrected chi connectivity index (χ2v) is 6.33. The smallest absolute Gasteiger partial charge is 0.338 e. The summed E-state index contributed by atoms with van der Waals surface area (Å²) < 4.78 is 4.95. The molecule has 0 radical (unpaired) electrons. The summed E-state index contributed by atoms with van der Waals surface area (Å²) in [7, 11) is 0. The van der Waals surface area contributed by atoms with Gasteiger partial charge in [0, 0.05) is 24.6 Å². The van der Waals surface area contributed by atoms with E-state index in [2.05, 4.69) is 20.6 Å². The van der Waals surface area contributed by atoms with Crippen molar-refractivity contribution in [3.05, 3.63) is 83.2 Å². The van der Waals surface area contributed by atoms with Crippen molar-refractivity contribution < 1.29 is 14.3 Å². The molecule has 3 rings (SSSR count). The van der Waals surface area contributed by atoms with E-state index in [4.69, 9.17) is 4.74 Å². The molecule has 148 valence electrons. The summed E-state index contributed by atoms with van der Waals surface area (Å²) in [5.74, 6) is -0.251. The molecule has 0 bridgehead atoms. The molecule has 2 aromatic carbocycles. The molecule has 1 amide bonds. The Bertz CT molecular complexity index is 986. The predicted molar refractivity (Wildman–Crippen MR) is 110 cm³/mol. The largest absolute Gasteiger partial charge is 0.462 e. The number of rotatable bonds is 7. The van der Waals surface area contributed by atoms with Crippen LogP contribution in [0.3, 0.4) is 0 Å². The first-order valence-corrected chi connectivity index (χ1v) is 9.25. The van der Waals surface area contributed by atoms with Crippen LogP contribution >= 0.6 is 0 Å². The summed E-state index contributed by atoms with van der Waals surface area (Å²) in [6, 6.07) is 14.7. The van der Waals surface area contributed by atoms with E-state index in [-0.39, 0.29) is 11.9 Å². The number of ether oxygens (including phenoxy) is 1. The summed E-state index contributed by atoms with van der Waals surface area (Å²) in [6.07, 6.45) is 2.94. The molecule has 7 nitrogen and oxygen atoms in total. The number of aryl methyl sites for hydroxylation is 1. The van der Waals surface area contributed by atoms with E-state index in [1.165, 1.54) is 12.4 Å². The Morgan fingerprint density at radius 1 is 0.966 bits per heavy atom. The number of anilines is 2. The summed E-state index contributed by atoms with van der Waals surface area (Å²) in [5, 5.41) is 5.90. The lowest BCUT2D eigenvalue weighted by Crippen LogP contribution is -2.23. The van der Waals surface area contributed by atoms with Crippen LogP contribution in [-0.2, 0) is 11.3 Å². The monoisotopic (exact) mass is 390 g/mol. The second-order valence-electron chi connectivity index (χ2n) is 6.33. The Morgan fingerprint density at radius 3 is 2.31 bits per heavy atom. The van der Waals surface area contributed by atoms with Crippen LogP contribution in [0, 0.1) is 6.92 Å². The molecule has 2 N–H and O–H groups in total. The fourth-order valence-electron chi connectivity index (χ4n) is 2.63. The Kier molecular flexibility index (Phi) is 6.52. The average molecular weight is 390 g/mol. The van der Waals surface area contributed by atoms with Crippen LogP contribution < -0.4 is 10.6 Å². The molecular formula is C22H22N4O3. The van der Waals surface area contributed by atoms with Crippen molar-refractivity contribution in [1.29, 1.82) is 0 Å². The lowest BCUT2D eigenvalue weighted by Gasteiger charge is -2.09. The van der Waals surface area contributed by atoms with E-state index in [0.29, 0.717) is 30.2 Å². The Labute approximate surface area is 169 Å². The van der Waals surface area contributed by atoms with Gasteiger partial charge in [0.05, 0.1) is 17.7 Å². The highest BCUT2D eigenvalue weighted by Crippen LogP contribution is 2.15. The number of carbonyl (C=O) groups is 2. The number of nitrogens with one attached hydrogen (secondary N) is 2. The zero-order valence-electron chi connectivity index (χ0n) is 16.3. The number of esters is 1. The summed E-state index contributed by atoms with van der Waals surface area (Å²) in [5.41, 5.74) is 3.75. The van der Waals surface area contributed by atoms with Crippen LogP contribution in [0.1, 0.15) is 38.8 Å². The zero-order valence-corrected chi connectivity index (χ0v) is 16.3. The van der Waals surface area contributed by atoms with E-state index >= 15 is 0 Å². The third-order valence-electron chi connectivity index (χ3n) is 4.27. The third kappa shape index (κ3) is 5.38. The van der Waals surface area contributed by atoms with Gasteiger partial charge in [-0.3, -0.25) is 4.79 Å². The molecule has 1 heterocycles. The standard InChI is InChI=1S/C22H22N4O3/c1-3-29-21(28)16-8-10-19(11-9-16)26-22-24-13-18(14-25-22)20(27)23-12-17-7-5-4-6-15(17)2/h4-11,13-14H,3,12H2,1-2H3,(H,23,27)(H,24,25,26). The van der Waals surface area contributed by atoms with Crippen molar-refractivity contribution in [2.45, 2.75) is 20.4 Å². The molecule has 0 fully saturated rings. The minimum atomic E-state index is -0.364. The second kappa shape index (κ2) is 9.45. The van der Waals surface area contributed by atoms with E-state index in [1.54, 1.807) is 31.2 Å². The van der Waals surface area contributed by atoms with E-state index in [0.717, 1.165) is 16.8 Å². The highest BCUT2D eigenvalue weighted by molar-refractivity contribution is 5.93. The number of aromatic nitrogens is 2. The molecule has 1 aromatic heterocycles. The fraction of sp³-hybridized carbons (Fsp3) is 0.182. The zero-order chi connectivity index (χ0) is 20.6. The van der Waals surface area contributed by atoms with Crippen molar-refractivity contribution in [2.24, 2.45) is 0 Å². The molecule has 0 aliphatic heterocycles. The molecule has 29 heavy (non-hydrogen) atoms. The normalized spacial score (nSPS) is 10.3. The lowest BCUT2D eigenvalue weighted by atomic mass is 10.1. The van der Waals surface area contributed by atoms with Gasteiger partial charge in [-0.05, 0) is 49.2 Å². The quantitative estimate of drug-likeness (QED) is 0.599. The van der Waals surface area contributed by atoms with Crippen molar-refractivity contribution in [1.82, 2.24) is 15.3 Å². The maximum Gasteiger partial charge on any atom is 0.338 e. The lowest BCUT2D eigenvalue weighted by molar-refractivity contribution is 0.0526. The molecule has 0 unspecified atom stereocenters. The summed E-state index contributed by atoms with van der Waals surface area (Å²) >= 11 is 0. The van der Waals surface area contributed by atoms with Crippen LogP contribution in [0.4, 0.5) is 11.6 Å². The first-order valence-electron chi connectivity index (χ1n) is 9.25. The van der Waals surface area contributed by atoms with Crippen LogP contribution in [0.5, 0.6) is 0 Å². The fourth-order valence-corrected chi connectivity index (χ4v) is 2.63. The number of nitrogens with zero attached hydrogens (tertiary/aromatic N) is 2. The van der Waals surface area contributed by atoms with Crippen molar-refractivity contribution in [3.8, 4) is 0 Å². The molecule has 0 spiro atoms. The van der Waals surface area contributed by atoms with E-state index < -0.39 is 0 Å².